The SMILES string of the molecule is COc1ccc2c(c1)C1CC1(C(=O)N1C3CCC1CN(C)C3)n1c-2c(C2CCCCC2)c2ccc(C(=O)NS(C)(=O)=O)cc21. The zero-order chi connectivity index (χ0) is 30.5. The third-order valence-corrected chi connectivity index (χ3v) is 11.6. The molecular weight excluding hydrogens is 576 g/mol. The second kappa shape index (κ2) is 9.81. The van der Waals surface area contributed by atoms with E-state index in [-0.39, 0.29) is 29.5 Å². The number of nitrogens with one attached hydrogen (secondary N) is 1. The molecule has 3 aromatic rings. The van der Waals surface area contributed by atoms with Crippen molar-refractivity contribution in [2.24, 2.45) is 0 Å². The lowest BCUT2D eigenvalue weighted by molar-refractivity contribution is -0.142. The van der Waals surface area contributed by atoms with Gasteiger partial charge in [-0.1, -0.05) is 25.3 Å². The average molecular weight is 617 g/mol. The first-order chi connectivity index (χ1) is 21.1. The normalized spacial score (nSPS) is 27.9. The summed E-state index contributed by atoms with van der Waals surface area (Å²) in [5.41, 5.74) is 4.99. The fourth-order valence-corrected chi connectivity index (χ4v) is 9.66. The van der Waals surface area contributed by atoms with Gasteiger partial charge < -0.3 is 19.1 Å². The van der Waals surface area contributed by atoms with Crippen LogP contribution in [0.2, 0.25) is 0 Å². The summed E-state index contributed by atoms with van der Waals surface area (Å²) < 4.78 is 34.1. The van der Waals surface area contributed by atoms with Gasteiger partial charge in [0.25, 0.3) is 5.91 Å². The summed E-state index contributed by atoms with van der Waals surface area (Å²) in [7, 11) is 0.0942. The summed E-state index contributed by atoms with van der Waals surface area (Å²) in [6, 6.07) is 12.2. The maximum absolute atomic E-state index is 15.1. The van der Waals surface area contributed by atoms with Crippen molar-refractivity contribution >= 4 is 32.7 Å². The van der Waals surface area contributed by atoms with Crippen LogP contribution in [0.25, 0.3) is 22.2 Å². The molecule has 2 bridgehead atoms. The number of carbonyl (C=O) groups is 2. The molecule has 1 aromatic heterocycles. The van der Waals surface area contributed by atoms with E-state index in [2.05, 4.69) is 38.3 Å². The van der Waals surface area contributed by atoms with E-state index >= 15 is 4.79 Å². The highest BCUT2D eigenvalue weighted by Crippen LogP contribution is 2.67. The molecule has 2 aromatic carbocycles. The first kappa shape index (κ1) is 28.1. The molecule has 2 amide bonds. The molecule has 4 atom stereocenters. The predicted molar refractivity (Wildman–Crippen MR) is 169 cm³/mol. The van der Waals surface area contributed by atoms with Crippen LogP contribution in [-0.4, -0.2) is 80.2 Å². The van der Waals surface area contributed by atoms with Crippen molar-refractivity contribution in [3.8, 4) is 17.0 Å². The third kappa shape index (κ3) is 4.09. The Kier molecular flexibility index (Phi) is 6.27. The molecule has 0 radical (unpaired) electrons. The fourth-order valence-electron chi connectivity index (χ4n) is 9.21. The number of sulfonamides is 1. The molecule has 2 saturated heterocycles. The molecule has 10 heteroatoms. The Morgan fingerprint density at radius 1 is 0.977 bits per heavy atom. The van der Waals surface area contributed by atoms with E-state index in [0.29, 0.717) is 12.3 Å². The van der Waals surface area contributed by atoms with Crippen LogP contribution in [0.15, 0.2) is 36.4 Å². The van der Waals surface area contributed by atoms with Crippen LogP contribution in [0.1, 0.15) is 84.7 Å². The molecule has 8 rings (SSSR count). The first-order valence-electron chi connectivity index (χ1n) is 16.0. The van der Waals surface area contributed by atoms with E-state index in [9.17, 15) is 13.2 Å². The Morgan fingerprint density at radius 3 is 2.39 bits per heavy atom. The zero-order valence-corrected chi connectivity index (χ0v) is 26.5. The largest absolute Gasteiger partial charge is 0.497 e. The van der Waals surface area contributed by atoms with Gasteiger partial charge >= 0.3 is 0 Å². The minimum absolute atomic E-state index is 0.00466. The summed E-state index contributed by atoms with van der Waals surface area (Å²) in [6.45, 7) is 1.77. The highest BCUT2D eigenvalue weighted by Gasteiger charge is 2.68. The van der Waals surface area contributed by atoms with Gasteiger partial charge in [-0.25, -0.2) is 13.1 Å². The highest BCUT2D eigenvalue weighted by molar-refractivity contribution is 7.89. The minimum atomic E-state index is -3.74. The molecule has 232 valence electrons. The quantitative estimate of drug-likeness (QED) is 0.452. The number of aromatic nitrogens is 1. The van der Waals surface area contributed by atoms with Gasteiger partial charge in [0.15, 0.2) is 0 Å². The number of nitrogens with zero attached hydrogens (tertiary/aromatic N) is 3. The van der Waals surface area contributed by atoms with Crippen molar-refractivity contribution in [1.82, 2.24) is 19.1 Å². The molecule has 4 heterocycles. The average Bonchev–Trinajstić information content (AvgIpc) is 3.59. The third-order valence-electron chi connectivity index (χ3n) is 11.1. The molecule has 44 heavy (non-hydrogen) atoms. The van der Waals surface area contributed by atoms with Gasteiger partial charge in [-0.2, -0.15) is 0 Å². The van der Waals surface area contributed by atoms with Crippen molar-refractivity contribution in [3.05, 3.63) is 53.1 Å². The van der Waals surface area contributed by atoms with Crippen LogP contribution >= 0.6 is 0 Å². The number of benzene rings is 2. The molecule has 0 spiro atoms. The van der Waals surface area contributed by atoms with Crippen molar-refractivity contribution in [1.29, 1.82) is 0 Å². The molecule has 9 nitrogen and oxygen atoms in total. The van der Waals surface area contributed by atoms with Crippen LogP contribution in [0.4, 0.5) is 0 Å². The van der Waals surface area contributed by atoms with Gasteiger partial charge in [0, 0.05) is 47.6 Å². The van der Waals surface area contributed by atoms with E-state index in [4.69, 9.17) is 4.74 Å². The topological polar surface area (TPSA) is 101 Å². The number of ether oxygens (including phenoxy) is 1. The Bertz CT molecular complexity index is 1810. The number of hydrogen-bond donors (Lipinski definition) is 1. The maximum atomic E-state index is 15.1. The van der Waals surface area contributed by atoms with Crippen LogP contribution in [0, 0.1) is 0 Å². The Morgan fingerprint density at radius 2 is 1.70 bits per heavy atom. The van der Waals surface area contributed by atoms with Gasteiger partial charge in [0.05, 0.1) is 24.6 Å². The molecule has 4 unspecified atom stereocenters. The number of piperazine rings is 1. The molecule has 4 fully saturated rings. The van der Waals surface area contributed by atoms with Gasteiger partial charge in [-0.15, -0.1) is 0 Å². The maximum Gasteiger partial charge on any atom is 0.264 e. The van der Waals surface area contributed by atoms with Crippen molar-refractivity contribution in [2.45, 2.75) is 80.8 Å². The van der Waals surface area contributed by atoms with Crippen LogP contribution < -0.4 is 9.46 Å². The summed E-state index contributed by atoms with van der Waals surface area (Å²) in [5, 5.41) is 1.06. The van der Waals surface area contributed by atoms with Crippen LogP contribution in [-0.2, 0) is 20.4 Å². The summed E-state index contributed by atoms with van der Waals surface area (Å²) in [4.78, 5) is 32.8. The first-order valence-corrected chi connectivity index (χ1v) is 17.9. The summed E-state index contributed by atoms with van der Waals surface area (Å²) >= 11 is 0. The van der Waals surface area contributed by atoms with Crippen LogP contribution in [0.3, 0.4) is 0 Å². The fraction of sp³-hybridized carbons (Fsp3) is 0.529. The molecule has 3 aliphatic heterocycles. The highest BCUT2D eigenvalue weighted by atomic mass is 32.2. The number of methoxy groups -OCH3 is 1. The lowest BCUT2D eigenvalue weighted by Crippen LogP contribution is -2.58. The Hall–Kier alpha value is -3.37. The van der Waals surface area contributed by atoms with E-state index in [0.717, 1.165) is 72.9 Å². The smallest absolute Gasteiger partial charge is 0.264 e. The summed E-state index contributed by atoms with van der Waals surface area (Å²) in [5.74, 6) is 0.663. The van der Waals surface area contributed by atoms with Crippen molar-refractivity contribution < 1.29 is 22.7 Å². The zero-order valence-electron chi connectivity index (χ0n) is 25.6. The predicted octanol–water partition coefficient (Wildman–Crippen LogP) is 4.56. The van der Waals surface area contributed by atoms with Gasteiger partial charge in [0.1, 0.15) is 11.3 Å². The molecular formula is C34H40N4O5S. The Balaban J connectivity index is 1.39. The van der Waals surface area contributed by atoms with E-state index in [1.807, 2.05) is 18.2 Å². The number of likely N-dealkylation sites (tertiary alicyclic amines) is 1. The van der Waals surface area contributed by atoms with Gasteiger partial charge in [0.2, 0.25) is 15.9 Å². The lowest BCUT2D eigenvalue weighted by Gasteiger charge is -2.43. The van der Waals surface area contributed by atoms with Gasteiger partial charge in [-0.3, -0.25) is 9.59 Å². The molecule has 2 saturated carbocycles. The number of fused-ring (bicyclic) bond motifs is 10. The van der Waals surface area contributed by atoms with E-state index < -0.39 is 21.5 Å². The number of likely N-dealkylation sites (N-methyl/N-ethyl adjacent to an activating group) is 1. The molecule has 2 aliphatic carbocycles. The Labute approximate surface area is 258 Å². The lowest BCUT2D eigenvalue weighted by atomic mass is 9.80. The van der Waals surface area contributed by atoms with Gasteiger partial charge in [-0.05, 0) is 86.5 Å². The monoisotopic (exact) mass is 616 g/mol. The van der Waals surface area contributed by atoms with Crippen molar-refractivity contribution in [2.75, 3.05) is 33.5 Å². The number of rotatable bonds is 5. The molecule has 1 N–H and O–H groups in total. The van der Waals surface area contributed by atoms with Crippen molar-refractivity contribution in [3.63, 3.8) is 0 Å². The van der Waals surface area contributed by atoms with E-state index in [1.54, 1.807) is 13.2 Å². The number of hydrogen-bond acceptors (Lipinski definition) is 6. The second-order valence-corrected chi connectivity index (χ2v) is 15.6. The second-order valence-electron chi connectivity index (χ2n) is 13.8. The minimum Gasteiger partial charge on any atom is -0.497 e. The molecule has 5 aliphatic rings. The standard InChI is InChI=1S/C34H40N4O5S/c1-36-18-22-10-11-23(19-36)37(22)33(40)34-17-28(34)27-16-24(43-2)12-14-25(27)31-30(20-7-5-4-6-8-20)26-13-9-21(15-29(26)38(31)34)32(39)35-44(3,41)42/h9,12-16,20,22-23,28H,4-8,10-11,17-19H2,1-3H3,(H,35,39). The summed E-state index contributed by atoms with van der Waals surface area (Å²) in [6.07, 6.45) is 9.45. The van der Waals surface area contributed by atoms with Crippen LogP contribution in [0.5, 0.6) is 5.75 Å². The van der Waals surface area contributed by atoms with E-state index in [1.165, 1.54) is 30.4 Å². The number of amides is 2. The number of carbonyl (C=O) groups excluding carboxylic acids is 2.